The predicted molar refractivity (Wildman–Crippen MR) is 82.7 cm³/mol. The maximum absolute atomic E-state index is 5.32. The smallest absolute Gasteiger partial charge is 0.161 e. The fourth-order valence-corrected chi connectivity index (χ4v) is 2.76. The molecule has 0 unspecified atom stereocenters. The second-order valence-corrected chi connectivity index (χ2v) is 5.49. The predicted octanol–water partition coefficient (Wildman–Crippen LogP) is 3.33. The van der Waals surface area contributed by atoms with Crippen molar-refractivity contribution in [3.8, 4) is 22.1 Å². The van der Waals surface area contributed by atoms with Crippen LogP contribution < -0.4 is 14.8 Å². The van der Waals surface area contributed by atoms with Crippen molar-refractivity contribution in [2.45, 2.75) is 19.9 Å². The SMILES string of the molecule is CCCNCc1cnc(-c2ccc(OC)c(OC)c2)s1. The van der Waals surface area contributed by atoms with Crippen molar-refractivity contribution in [2.75, 3.05) is 20.8 Å². The summed E-state index contributed by atoms with van der Waals surface area (Å²) in [6, 6.07) is 5.87. The van der Waals surface area contributed by atoms with Crippen LogP contribution in [0.4, 0.5) is 0 Å². The van der Waals surface area contributed by atoms with Crippen molar-refractivity contribution < 1.29 is 9.47 Å². The molecule has 0 atom stereocenters. The lowest BCUT2D eigenvalue weighted by Crippen LogP contribution is -2.12. The molecule has 0 bridgehead atoms. The van der Waals surface area contributed by atoms with E-state index in [4.69, 9.17) is 9.47 Å². The van der Waals surface area contributed by atoms with Gasteiger partial charge < -0.3 is 14.8 Å². The van der Waals surface area contributed by atoms with E-state index in [1.807, 2.05) is 24.4 Å². The van der Waals surface area contributed by atoms with Crippen molar-refractivity contribution in [2.24, 2.45) is 0 Å². The minimum Gasteiger partial charge on any atom is -0.493 e. The fraction of sp³-hybridized carbons (Fsp3) is 0.400. The van der Waals surface area contributed by atoms with E-state index >= 15 is 0 Å². The molecule has 4 nitrogen and oxygen atoms in total. The summed E-state index contributed by atoms with van der Waals surface area (Å²) in [5, 5.41) is 4.38. The Bertz CT molecular complexity index is 555. The van der Waals surface area contributed by atoms with Gasteiger partial charge >= 0.3 is 0 Å². The van der Waals surface area contributed by atoms with Crippen molar-refractivity contribution in [1.29, 1.82) is 0 Å². The molecular formula is C15H20N2O2S. The normalized spacial score (nSPS) is 10.6. The Labute approximate surface area is 123 Å². The Balaban J connectivity index is 2.15. The van der Waals surface area contributed by atoms with E-state index in [1.54, 1.807) is 25.6 Å². The summed E-state index contributed by atoms with van der Waals surface area (Å²) in [7, 11) is 3.28. The van der Waals surface area contributed by atoms with Gasteiger partial charge in [-0.1, -0.05) is 6.92 Å². The first-order valence-electron chi connectivity index (χ1n) is 6.66. The number of aromatic nitrogens is 1. The molecule has 0 aliphatic heterocycles. The molecule has 1 aromatic carbocycles. The maximum Gasteiger partial charge on any atom is 0.161 e. The molecule has 20 heavy (non-hydrogen) atoms. The average molecular weight is 292 g/mol. The number of hydrogen-bond donors (Lipinski definition) is 1. The van der Waals surface area contributed by atoms with Gasteiger partial charge in [0.1, 0.15) is 5.01 Å². The minimum absolute atomic E-state index is 0.728. The molecule has 1 heterocycles. The molecule has 0 aliphatic rings. The fourth-order valence-electron chi connectivity index (χ4n) is 1.88. The van der Waals surface area contributed by atoms with E-state index < -0.39 is 0 Å². The molecule has 108 valence electrons. The summed E-state index contributed by atoms with van der Waals surface area (Å²) >= 11 is 1.70. The van der Waals surface area contributed by atoms with Crippen LogP contribution >= 0.6 is 11.3 Å². The van der Waals surface area contributed by atoms with Crippen LogP contribution in [0.1, 0.15) is 18.2 Å². The molecule has 0 aliphatic carbocycles. The average Bonchev–Trinajstić information content (AvgIpc) is 2.95. The van der Waals surface area contributed by atoms with Crippen molar-refractivity contribution in [3.05, 3.63) is 29.3 Å². The molecule has 5 heteroatoms. The summed E-state index contributed by atoms with van der Waals surface area (Å²) in [6.07, 6.45) is 3.07. The van der Waals surface area contributed by atoms with Gasteiger partial charge in [-0.2, -0.15) is 0 Å². The van der Waals surface area contributed by atoms with Gasteiger partial charge in [0.05, 0.1) is 14.2 Å². The van der Waals surface area contributed by atoms with E-state index in [2.05, 4.69) is 17.2 Å². The first-order chi connectivity index (χ1) is 9.78. The molecule has 0 fully saturated rings. The maximum atomic E-state index is 5.32. The summed E-state index contributed by atoms with van der Waals surface area (Å²) in [6.45, 7) is 4.07. The highest BCUT2D eigenvalue weighted by atomic mass is 32.1. The third-order valence-electron chi connectivity index (χ3n) is 2.91. The standard InChI is InChI=1S/C15H20N2O2S/c1-4-7-16-9-12-10-17-15(20-12)11-5-6-13(18-2)14(8-11)19-3/h5-6,8,10,16H,4,7,9H2,1-3H3. The molecule has 0 radical (unpaired) electrons. The second kappa shape index (κ2) is 7.26. The first kappa shape index (κ1) is 14.8. The topological polar surface area (TPSA) is 43.4 Å². The zero-order valence-electron chi connectivity index (χ0n) is 12.1. The molecular weight excluding hydrogens is 272 g/mol. The van der Waals surface area contributed by atoms with Crippen molar-refractivity contribution in [1.82, 2.24) is 10.3 Å². The third-order valence-corrected chi connectivity index (χ3v) is 3.96. The molecule has 1 N–H and O–H groups in total. The molecule has 0 saturated heterocycles. The van der Waals surface area contributed by atoms with Gasteiger partial charge in [0.15, 0.2) is 11.5 Å². The summed E-state index contributed by atoms with van der Waals surface area (Å²) in [5.41, 5.74) is 1.05. The number of methoxy groups -OCH3 is 2. The number of nitrogens with zero attached hydrogens (tertiary/aromatic N) is 1. The Morgan fingerprint density at radius 2 is 2.00 bits per heavy atom. The molecule has 2 aromatic rings. The van der Waals surface area contributed by atoms with Gasteiger partial charge in [0.2, 0.25) is 0 Å². The Morgan fingerprint density at radius 1 is 1.20 bits per heavy atom. The quantitative estimate of drug-likeness (QED) is 0.795. The van der Waals surface area contributed by atoms with Crippen LogP contribution in [0.25, 0.3) is 10.6 Å². The molecule has 0 spiro atoms. The highest BCUT2D eigenvalue weighted by Gasteiger charge is 2.09. The number of rotatable bonds is 7. The molecule has 0 saturated carbocycles. The van der Waals surface area contributed by atoms with E-state index in [0.29, 0.717) is 0 Å². The van der Waals surface area contributed by atoms with Gasteiger partial charge in [-0.25, -0.2) is 4.98 Å². The van der Waals surface area contributed by atoms with Crippen LogP contribution in [0.5, 0.6) is 11.5 Å². The number of thiazole rings is 1. The van der Waals surface area contributed by atoms with Crippen LogP contribution in [0.3, 0.4) is 0 Å². The highest BCUT2D eigenvalue weighted by Crippen LogP contribution is 2.33. The van der Waals surface area contributed by atoms with E-state index in [-0.39, 0.29) is 0 Å². The monoisotopic (exact) mass is 292 g/mol. The van der Waals surface area contributed by atoms with Crippen LogP contribution in [-0.4, -0.2) is 25.7 Å². The zero-order valence-corrected chi connectivity index (χ0v) is 12.9. The Morgan fingerprint density at radius 3 is 2.70 bits per heavy atom. The number of ether oxygens (including phenoxy) is 2. The third kappa shape index (κ3) is 3.49. The minimum atomic E-state index is 0.728. The first-order valence-corrected chi connectivity index (χ1v) is 7.48. The van der Waals surface area contributed by atoms with Gasteiger partial charge in [0, 0.05) is 23.2 Å². The molecule has 2 rings (SSSR count). The number of nitrogens with one attached hydrogen (secondary N) is 1. The largest absolute Gasteiger partial charge is 0.493 e. The summed E-state index contributed by atoms with van der Waals surface area (Å²) in [4.78, 5) is 5.72. The lowest BCUT2D eigenvalue weighted by molar-refractivity contribution is 0.355. The van der Waals surface area contributed by atoms with Crippen LogP contribution in [-0.2, 0) is 6.54 Å². The number of benzene rings is 1. The van der Waals surface area contributed by atoms with E-state index in [9.17, 15) is 0 Å². The highest BCUT2D eigenvalue weighted by molar-refractivity contribution is 7.15. The Hall–Kier alpha value is -1.59. The summed E-state index contributed by atoms with van der Waals surface area (Å²) in [5.74, 6) is 1.46. The Kier molecular flexibility index (Phi) is 5.38. The second-order valence-electron chi connectivity index (χ2n) is 4.38. The van der Waals surface area contributed by atoms with Gasteiger partial charge in [0.25, 0.3) is 0 Å². The van der Waals surface area contributed by atoms with Crippen molar-refractivity contribution in [3.63, 3.8) is 0 Å². The summed E-state index contributed by atoms with van der Waals surface area (Å²) < 4.78 is 10.6. The lowest BCUT2D eigenvalue weighted by atomic mass is 10.2. The van der Waals surface area contributed by atoms with Gasteiger partial charge in [-0.3, -0.25) is 0 Å². The van der Waals surface area contributed by atoms with E-state index in [1.165, 1.54) is 4.88 Å². The number of hydrogen-bond acceptors (Lipinski definition) is 5. The van der Waals surface area contributed by atoms with Crippen LogP contribution in [0.15, 0.2) is 24.4 Å². The van der Waals surface area contributed by atoms with Crippen molar-refractivity contribution >= 4 is 11.3 Å². The lowest BCUT2D eigenvalue weighted by Gasteiger charge is -2.08. The van der Waals surface area contributed by atoms with Crippen LogP contribution in [0.2, 0.25) is 0 Å². The molecule has 1 aromatic heterocycles. The van der Waals surface area contributed by atoms with Crippen LogP contribution in [0, 0.1) is 0 Å². The van der Waals surface area contributed by atoms with E-state index in [0.717, 1.165) is 41.6 Å². The zero-order chi connectivity index (χ0) is 14.4. The van der Waals surface area contributed by atoms with Gasteiger partial charge in [-0.05, 0) is 31.2 Å². The van der Waals surface area contributed by atoms with Gasteiger partial charge in [-0.15, -0.1) is 11.3 Å². The molecule has 0 amide bonds.